The molecule has 1 aromatic rings. The molecule has 2 atom stereocenters. The number of carboxylic acid groups (broad SMARTS) is 1. The molecule has 0 aromatic heterocycles. The van der Waals surface area contributed by atoms with E-state index in [1.165, 1.54) is 19.2 Å². The molecule has 0 saturated heterocycles. The number of ether oxygens (including phenoxy) is 1. The van der Waals surface area contributed by atoms with Crippen molar-refractivity contribution < 1.29 is 19.4 Å². The number of benzene rings is 1. The Morgan fingerprint density at radius 1 is 1.32 bits per heavy atom. The lowest BCUT2D eigenvalue weighted by atomic mass is 10.0. The zero-order valence-electron chi connectivity index (χ0n) is 11.3. The Balaban J connectivity index is 2.73. The van der Waals surface area contributed by atoms with Crippen molar-refractivity contribution >= 4 is 17.6 Å². The average molecular weight is 265 g/mol. The molecule has 19 heavy (non-hydrogen) atoms. The molecule has 5 heteroatoms. The van der Waals surface area contributed by atoms with Gasteiger partial charge in [0, 0.05) is 12.8 Å². The summed E-state index contributed by atoms with van der Waals surface area (Å²) in [5.74, 6) is -1.10. The van der Waals surface area contributed by atoms with Gasteiger partial charge >= 0.3 is 5.97 Å². The Bertz CT molecular complexity index is 441. The van der Waals surface area contributed by atoms with Crippen molar-refractivity contribution in [2.45, 2.75) is 26.4 Å². The number of amides is 1. The molecule has 0 radical (unpaired) electrons. The molecule has 0 spiro atoms. The first-order chi connectivity index (χ1) is 8.99. The Morgan fingerprint density at radius 3 is 2.32 bits per heavy atom. The second-order valence-corrected chi connectivity index (χ2v) is 4.41. The van der Waals surface area contributed by atoms with Gasteiger partial charge in [-0.3, -0.25) is 4.79 Å². The minimum absolute atomic E-state index is 0.114. The van der Waals surface area contributed by atoms with E-state index in [1.807, 2.05) is 13.8 Å². The summed E-state index contributed by atoms with van der Waals surface area (Å²) in [6.07, 6.45) is 0.327. The van der Waals surface area contributed by atoms with Gasteiger partial charge in [0.2, 0.25) is 0 Å². The first kappa shape index (κ1) is 15.2. The maximum atomic E-state index is 12.0. The number of hydrogen-bond donors (Lipinski definition) is 2. The lowest BCUT2D eigenvalue weighted by molar-refractivity contribution is -0.128. The molecule has 1 rings (SSSR count). The summed E-state index contributed by atoms with van der Waals surface area (Å²) in [6, 6.07) is 6.02. The van der Waals surface area contributed by atoms with Gasteiger partial charge in [0.15, 0.2) is 0 Å². The van der Waals surface area contributed by atoms with Crippen LogP contribution in [0.15, 0.2) is 24.3 Å². The zero-order chi connectivity index (χ0) is 14.4. The summed E-state index contributed by atoms with van der Waals surface area (Å²) in [7, 11) is 1.50. The molecule has 1 aromatic carbocycles. The molecule has 5 nitrogen and oxygen atoms in total. The van der Waals surface area contributed by atoms with Crippen molar-refractivity contribution in [3.63, 3.8) is 0 Å². The van der Waals surface area contributed by atoms with Gasteiger partial charge in [0.05, 0.1) is 5.56 Å². The summed E-state index contributed by atoms with van der Waals surface area (Å²) in [4.78, 5) is 22.7. The van der Waals surface area contributed by atoms with Crippen molar-refractivity contribution in [2.24, 2.45) is 5.92 Å². The molecule has 0 aliphatic carbocycles. The van der Waals surface area contributed by atoms with Gasteiger partial charge in [-0.2, -0.15) is 0 Å². The monoisotopic (exact) mass is 265 g/mol. The molecular weight excluding hydrogens is 246 g/mol. The molecule has 0 bridgehead atoms. The minimum atomic E-state index is -0.993. The fourth-order valence-corrected chi connectivity index (χ4v) is 1.72. The molecule has 0 heterocycles. The normalized spacial score (nSPS) is 13.6. The van der Waals surface area contributed by atoms with Crippen molar-refractivity contribution in [2.75, 3.05) is 12.4 Å². The van der Waals surface area contributed by atoms with Gasteiger partial charge in [-0.25, -0.2) is 4.79 Å². The van der Waals surface area contributed by atoms with E-state index in [9.17, 15) is 9.59 Å². The second kappa shape index (κ2) is 6.89. The highest BCUT2D eigenvalue weighted by Crippen LogP contribution is 2.15. The smallest absolute Gasteiger partial charge is 0.335 e. The summed E-state index contributed by atoms with van der Waals surface area (Å²) < 4.78 is 5.19. The Labute approximate surface area is 112 Å². The molecule has 104 valence electrons. The molecule has 0 aliphatic heterocycles. The fourth-order valence-electron chi connectivity index (χ4n) is 1.72. The predicted molar refractivity (Wildman–Crippen MR) is 72.3 cm³/mol. The van der Waals surface area contributed by atoms with E-state index in [0.29, 0.717) is 5.69 Å². The number of carbonyl (C=O) groups excluding carboxylic acids is 1. The van der Waals surface area contributed by atoms with E-state index < -0.39 is 12.1 Å². The van der Waals surface area contributed by atoms with Crippen LogP contribution in [0.5, 0.6) is 0 Å². The summed E-state index contributed by atoms with van der Waals surface area (Å²) >= 11 is 0. The molecule has 2 unspecified atom stereocenters. The molecule has 0 fully saturated rings. The van der Waals surface area contributed by atoms with Crippen molar-refractivity contribution in [3.05, 3.63) is 29.8 Å². The fraction of sp³-hybridized carbons (Fsp3) is 0.429. The third kappa shape index (κ3) is 4.06. The van der Waals surface area contributed by atoms with E-state index in [4.69, 9.17) is 9.84 Å². The topological polar surface area (TPSA) is 75.6 Å². The lowest BCUT2D eigenvalue weighted by Gasteiger charge is -2.20. The van der Waals surface area contributed by atoms with E-state index >= 15 is 0 Å². The van der Waals surface area contributed by atoms with E-state index in [1.54, 1.807) is 12.1 Å². The maximum Gasteiger partial charge on any atom is 0.335 e. The summed E-state index contributed by atoms with van der Waals surface area (Å²) in [6.45, 7) is 3.94. The SMILES string of the molecule is CCC(C)C(OC)C(=O)Nc1ccc(C(=O)O)cc1. The largest absolute Gasteiger partial charge is 0.478 e. The minimum Gasteiger partial charge on any atom is -0.478 e. The number of nitrogens with one attached hydrogen (secondary N) is 1. The van der Waals surface area contributed by atoms with Crippen LogP contribution in [0.1, 0.15) is 30.6 Å². The highest BCUT2D eigenvalue weighted by Gasteiger charge is 2.23. The van der Waals surface area contributed by atoms with Crippen LogP contribution in [0.3, 0.4) is 0 Å². The van der Waals surface area contributed by atoms with Crippen LogP contribution in [0.4, 0.5) is 5.69 Å². The summed E-state index contributed by atoms with van der Waals surface area (Å²) in [5.41, 5.74) is 0.739. The first-order valence-corrected chi connectivity index (χ1v) is 6.16. The average Bonchev–Trinajstić information content (AvgIpc) is 2.39. The van der Waals surface area contributed by atoms with Crippen LogP contribution in [0, 0.1) is 5.92 Å². The lowest BCUT2D eigenvalue weighted by Crippen LogP contribution is -2.34. The summed E-state index contributed by atoms with van der Waals surface area (Å²) in [5, 5.41) is 11.5. The predicted octanol–water partition coefficient (Wildman–Crippen LogP) is 2.38. The Hall–Kier alpha value is -1.88. The van der Waals surface area contributed by atoms with E-state index in [-0.39, 0.29) is 17.4 Å². The number of carboxylic acids is 1. The molecule has 2 N–H and O–H groups in total. The van der Waals surface area contributed by atoms with Crippen LogP contribution in [-0.2, 0) is 9.53 Å². The Morgan fingerprint density at radius 2 is 1.89 bits per heavy atom. The number of rotatable bonds is 6. The van der Waals surface area contributed by atoms with E-state index in [0.717, 1.165) is 6.42 Å². The van der Waals surface area contributed by atoms with Crippen LogP contribution in [0.2, 0.25) is 0 Å². The molecule has 1 amide bonds. The first-order valence-electron chi connectivity index (χ1n) is 6.16. The van der Waals surface area contributed by atoms with Crippen LogP contribution < -0.4 is 5.32 Å². The van der Waals surface area contributed by atoms with Gasteiger partial charge < -0.3 is 15.2 Å². The molecule has 0 saturated carbocycles. The second-order valence-electron chi connectivity index (χ2n) is 4.41. The number of anilines is 1. The third-order valence-electron chi connectivity index (χ3n) is 3.07. The van der Waals surface area contributed by atoms with Crippen molar-refractivity contribution in [1.29, 1.82) is 0 Å². The van der Waals surface area contributed by atoms with Gasteiger partial charge in [-0.15, -0.1) is 0 Å². The Kier molecular flexibility index (Phi) is 5.51. The van der Waals surface area contributed by atoms with Gasteiger partial charge in [-0.1, -0.05) is 20.3 Å². The number of hydrogen-bond acceptors (Lipinski definition) is 3. The maximum absolute atomic E-state index is 12.0. The number of aromatic carboxylic acids is 1. The van der Waals surface area contributed by atoms with Crippen molar-refractivity contribution in [3.8, 4) is 0 Å². The van der Waals surface area contributed by atoms with E-state index in [2.05, 4.69) is 5.32 Å². The standard InChI is InChI=1S/C14H19NO4/c1-4-9(2)12(19-3)13(16)15-11-7-5-10(6-8-11)14(17)18/h5-9,12H,4H2,1-3H3,(H,15,16)(H,17,18). The highest BCUT2D eigenvalue weighted by molar-refractivity contribution is 5.95. The van der Waals surface area contributed by atoms with Crippen LogP contribution in [0.25, 0.3) is 0 Å². The molecular formula is C14H19NO4. The quantitative estimate of drug-likeness (QED) is 0.828. The third-order valence-corrected chi connectivity index (χ3v) is 3.07. The zero-order valence-corrected chi connectivity index (χ0v) is 11.3. The number of methoxy groups -OCH3 is 1. The highest BCUT2D eigenvalue weighted by atomic mass is 16.5. The number of carbonyl (C=O) groups is 2. The molecule has 0 aliphatic rings. The van der Waals surface area contributed by atoms with Crippen LogP contribution >= 0.6 is 0 Å². The van der Waals surface area contributed by atoms with Crippen molar-refractivity contribution in [1.82, 2.24) is 0 Å². The van der Waals surface area contributed by atoms with Gasteiger partial charge in [0.1, 0.15) is 6.10 Å². The van der Waals surface area contributed by atoms with Gasteiger partial charge in [-0.05, 0) is 30.2 Å². The van der Waals surface area contributed by atoms with Crippen LogP contribution in [-0.4, -0.2) is 30.2 Å². The van der Waals surface area contributed by atoms with Gasteiger partial charge in [0.25, 0.3) is 5.91 Å².